The number of aromatic nitrogens is 2. The number of phenolic OH excluding ortho intramolecular Hbond substituents is 1. The lowest BCUT2D eigenvalue weighted by Gasteiger charge is -2.32. The van der Waals surface area contributed by atoms with Gasteiger partial charge in [0.1, 0.15) is 0 Å². The summed E-state index contributed by atoms with van der Waals surface area (Å²) in [5, 5.41) is 17.9. The minimum atomic E-state index is -0.337. The molecule has 0 unspecified atom stereocenters. The van der Waals surface area contributed by atoms with Crippen LogP contribution in [0.4, 0.5) is 17.3 Å². The Morgan fingerprint density at radius 2 is 1.70 bits per heavy atom. The number of fused-ring (bicyclic) bond motifs is 1. The molecule has 10 heteroatoms. The van der Waals surface area contributed by atoms with Crippen LogP contribution in [0.25, 0.3) is 0 Å². The third-order valence-corrected chi connectivity index (χ3v) is 6.75. The van der Waals surface area contributed by atoms with Crippen molar-refractivity contribution in [3.05, 3.63) is 47.0 Å². The second-order valence-electron chi connectivity index (χ2n) is 11.5. The quantitative estimate of drug-likeness (QED) is 0.341. The van der Waals surface area contributed by atoms with Gasteiger partial charge in [0.25, 0.3) is 5.91 Å². The van der Waals surface area contributed by atoms with Gasteiger partial charge in [-0.2, -0.15) is 8.75 Å². The molecule has 0 saturated carbocycles. The summed E-state index contributed by atoms with van der Waals surface area (Å²) in [7, 11) is 3.34. The minimum absolute atomic E-state index is 0.117. The zero-order valence-corrected chi connectivity index (χ0v) is 23.4. The molecule has 0 radical (unpaired) electrons. The topological polar surface area (TPSA) is 109 Å². The Balaban J connectivity index is 1.68. The van der Waals surface area contributed by atoms with E-state index in [1.165, 1.54) is 4.90 Å². The molecule has 1 aliphatic heterocycles. The summed E-state index contributed by atoms with van der Waals surface area (Å²) in [5.41, 5.74) is 1.91. The van der Waals surface area contributed by atoms with Crippen LogP contribution in [0.2, 0.25) is 0 Å². The maximum Gasteiger partial charge on any atom is 0.257 e. The molecule has 1 aromatic heterocycles. The number of nitrogens with one attached hydrogen (secondary N) is 2. The van der Waals surface area contributed by atoms with Crippen LogP contribution in [-0.2, 0) is 5.41 Å². The van der Waals surface area contributed by atoms with E-state index in [-0.39, 0.29) is 40.9 Å². The molecule has 198 valence electrons. The SMILES string of the molecule is CN(C)C(=O)c1c(C(C)(C)C)ccc(Nc2nsnc2N[C@@H](c2ccc3c(c2)OCO3)C(C)(C)C)c1O. The third kappa shape index (κ3) is 5.44. The molecular weight excluding hydrogens is 490 g/mol. The highest BCUT2D eigenvalue weighted by molar-refractivity contribution is 6.99. The molecule has 2 heterocycles. The Morgan fingerprint density at radius 1 is 1.03 bits per heavy atom. The molecule has 0 spiro atoms. The van der Waals surface area contributed by atoms with Crippen molar-refractivity contribution >= 4 is 35.0 Å². The van der Waals surface area contributed by atoms with Gasteiger partial charge in [-0.1, -0.05) is 53.7 Å². The number of carbonyl (C=O) groups excluding carboxylic acids is 1. The van der Waals surface area contributed by atoms with Crippen LogP contribution in [-0.4, -0.2) is 45.5 Å². The fourth-order valence-electron chi connectivity index (χ4n) is 4.28. The molecule has 1 atom stereocenters. The van der Waals surface area contributed by atoms with Crippen LogP contribution in [0.15, 0.2) is 30.3 Å². The molecule has 1 aliphatic rings. The molecule has 3 N–H and O–H groups in total. The Bertz CT molecular complexity index is 1310. The molecule has 4 rings (SSSR count). The van der Waals surface area contributed by atoms with Gasteiger partial charge in [-0.05, 0) is 40.2 Å². The number of anilines is 3. The van der Waals surface area contributed by atoms with Gasteiger partial charge in [0.15, 0.2) is 28.9 Å². The first-order valence-electron chi connectivity index (χ1n) is 12.1. The van der Waals surface area contributed by atoms with Crippen molar-refractivity contribution in [2.24, 2.45) is 5.41 Å². The summed E-state index contributed by atoms with van der Waals surface area (Å²) in [4.78, 5) is 14.5. The van der Waals surface area contributed by atoms with Gasteiger partial charge < -0.3 is 30.1 Å². The highest BCUT2D eigenvalue weighted by Crippen LogP contribution is 2.43. The molecule has 1 amide bonds. The highest BCUT2D eigenvalue weighted by Gasteiger charge is 2.31. The molecule has 0 aliphatic carbocycles. The lowest BCUT2D eigenvalue weighted by Crippen LogP contribution is -2.27. The zero-order valence-electron chi connectivity index (χ0n) is 22.6. The van der Waals surface area contributed by atoms with Crippen molar-refractivity contribution in [2.75, 3.05) is 31.5 Å². The Morgan fingerprint density at radius 3 is 2.35 bits per heavy atom. The highest BCUT2D eigenvalue weighted by atomic mass is 32.1. The normalized spacial score (nSPS) is 13.8. The van der Waals surface area contributed by atoms with Crippen LogP contribution >= 0.6 is 11.7 Å². The maximum atomic E-state index is 13.0. The first-order chi connectivity index (χ1) is 17.3. The molecule has 0 saturated heterocycles. The number of hydrogen-bond donors (Lipinski definition) is 3. The van der Waals surface area contributed by atoms with Gasteiger partial charge >= 0.3 is 0 Å². The van der Waals surface area contributed by atoms with E-state index in [1.807, 2.05) is 45.0 Å². The largest absolute Gasteiger partial charge is 0.505 e. The predicted octanol–water partition coefficient (Wildman–Crippen LogP) is 5.91. The lowest BCUT2D eigenvalue weighted by molar-refractivity contribution is 0.0822. The average Bonchev–Trinajstić information content (AvgIpc) is 3.45. The number of carbonyl (C=O) groups is 1. The molecule has 37 heavy (non-hydrogen) atoms. The average molecular weight is 526 g/mol. The summed E-state index contributed by atoms with van der Waals surface area (Å²) in [6.45, 7) is 12.7. The van der Waals surface area contributed by atoms with Crippen LogP contribution in [0, 0.1) is 5.41 Å². The molecule has 3 aromatic rings. The van der Waals surface area contributed by atoms with Gasteiger partial charge in [-0.15, -0.1) is 0 Å². The van der Waals surface area contributed by atoms with E-state index in [9.17, 15) is 9.90 Å². The van der Waals surface area contributed by atoms with Crippen LogP contribution in [0.5, 0.6) is 17.2 Å². The van der Waals surface area contributed by atoms with Gasteiger partial charge in [0.2, 0.25) is 6.79 Å². The second-order valence-corrected chi connectivity index (χ2v) is 12.0. The van der Waals surface area contributed by atoms with Crippen molar-refractivity contribution in [2.45, 2.75) is 53.0 Å². The third-order valence-electron chi connectivity index (χ3n) is 6.22. The summed E-state index contributed by atoms with van der Waals surface area (Å²) in [6, 6.07) is 9.41. The van der Waals surface area contributed by atoms with Crippen molar-refractivity contribution in [3.8, 4) is 17.2 Å². The Hall–Kier alpha value is -3.53. The number of phenols is 1. The predicted molar refractivity (Wildman–Crippen MR) is 146 cm³/mol. The summed E-state index contributed by atoms with van der Waals surface area (Å²) in [6.07, 6.45) is 0. The second kappa shape index (κ2) is 9.74. The van der Waals surface area contributed by atoms with Crippen LogP contribution < -0.4 is 20.1 Å². The molecule has 0 fully saturated rings. The fourth-order valence-corrected chi connectivity index (χ4v) is 4.75. The summed E-state index contributed by atoms with van der Waals surface area (Å²) >= 11 is 1.06. The van der Waals surface area contributed by atoms with Gasteiger partial charge in [0, 0.05) is 14.1 Å². The van der Waals surface area contributed by atoms with Crippen molar-refractivity contribution in [1.29, 1.82) is 0 Å². The van der Waals surface area contributed by atoms with Crippen molar-refractivity contribution in [3.63, 3.8) is 0 Å². The standard InChI is InChI=1S/C27H35N5O4S/c1-26(2,3)16-10-11-17(21(33)20(16)25(34)32(7)8)28-23-24(31-37-30-23)29-22(27(4,5)6)15-9-12-18-19(13-15)36-14-35-18/h9-13,22,33H,14H2,1-8H3,(H,28,30)(H,29,31)/t22-/m0/s1. The van der Waals surface area contributed by atoms with Crippen LogP contribution in [0.3, 0.4) is 0 Å². The van der Waals surface area contributed by atoms with Crippen LogP contribution in [0.1, 0.15) is 69.1 Å². The number of hydrogen-bond acceptors (Lipinski definition) is 9. The Labute approximate surface area is 222 Å². The summed E-state index contributed by atoms with van der Waals surface area (Å²) in [5.74, 6) is 2.06. The van der Waals surface area contributed by atoms with Gasteiger partial charge in [0.05, 0.1) is 29.0 Å². The van der Waals surface area contributed by atoms with E-state index < -0.39 is 0 Å². The number of ether oxygens (including phenoxy) is 2. The molecular formula is C27H35N5O4S. The van der Waals surface area contributed by atoms with Crippen molar-refractivity contribution in [1.82, 2.24) is 13.6 Å². The monoisotopic (exact) mass is 525 g/mol. The molecule has 2 aromatic carbocycles. The van der Waals surface area contributed by atoms with E-state index in [2.05, 4.69) is 40.2 Å². The number of benzene rings is 2. The Kier molecular flexibility index (Phi) is 6.98. The van der Waals surface area contributed by atoms with Gasteiger partial charge in [-0.3, -0.25) is 4.79 Å². The first-order valence-corrected chi connectivity index (χ1v) is 12.8. The summed E-state index contributed by atoms with van der Waals surface area (Å²) < 4.78 is 20.0. The van der Waals surface area contributed by atoms with E-state index in [1.54, 1.807) is 20.2 Å². The van der Waals surface area contributed by atoms with Crippen molar-refractivity contribution < 1.29 is 19.4 Å². The van der Waals surface area contributed by atoms with E-state index in [0.29, 0.717) is 23.1 Å². The molecule has 0 bridgehead atoms. The van der Waals surface area contributed by atoms with E-state index in [0.717, 1.165) is 28.6 Å². The number of amides is 1. The smallest absolute Gasteiger partial charge is 0.257 e. The number of aromatic hydroxyl groups is 1. The van der Waals surface area contributed by atoms with Gasteiger partial charge in [-0.25, -0.2) is 0 Å². The molecule has 9 nitrogen and oxygen atoms in total. The fraction of sp³-hybridized carbons (Fsp3) is 0.444. The number of nitrogens with zero attached hydrogens (tertiary/aromatic N) is 3. The zero-order chi connectivity index (χ0) is 27.1. The van der Waals surface area contributed by atoms with E-state index >= 15 is 0 Å². The minimum Gasteiger partial charge on any atom is -0.505 e. The lowest BCUT2D eigenvalue weighted by atomic mass is 9.82. The first kappa shape index (κ1) is 26.5. The maximum absolute atomic E-state index is 13.0. The van der Waals surface area contributed by atoms with E-state index in [4.69, 9.17) is 9.47 Å². The number of rotatable bonds is 6.